The molecule has 0 spiro atoms. The number of hydrogen-bond acceptors (Lipinski definition) is 5. The van der Waals surface area contributed by atoms with Crippen LogP contribution in [0.1, 0.15) is 49.6 Å². The summed E-state index contributed by atoms with van der Waals surface area (Å²) in [5, 5.41) is 0.577. The number of aromatic nitrogens is 2. The minimum atomic E-state index is -0.357. The Morgan fingerprint density at radius 1 is 1.27 bits per heavy atom. The Labute approximate surface area is 158 Å². The number of hydrogen-bond donors (Lipinski definition) is 1. The molecule has 0 aliphatic heterocycles. The van der Waals surface area contributed by atoms with Gasteiger partial charge in [-0.25, -0.2) is 4.98 Å². The van der Waals surface area contributed by atoms with E-state index in [1.54, 1.807) is 6.92 Å². The Kier molecular flexibility index (Phi) is 6.29. The third kappa shape index (κ3) is 4.97. The van der Waals surface area contributed by atoms with Crippen molar-refractivity contribution in [1.29, 1.82) is 0 Å². The molecule has 2 rings (SSSR count). The number of carbonyl (C=O) groups is 1. The third-order valence-electron chi connectivity index (χ3n) is 4.24. The smallest absolute Gasteiger partial charge is 0.311 e. The van der Waals surface area contributed by atoms with Gasteiger partial charge in [0.05, 0.1) is 6.42 Å². The van der Waals surface area contributed by atoms with Gasteiger partial charge in [0, 0.05) is 11.3 Å². The molecule has 1 N–H and O–H groups in total. The fourth-order valence-corrected chi connectivity index (χ4v) is 3.03. The van der Waals surface area contributed by atoms with Crippen LogP contribution in [0.2, 0.25) is 0 Å². The molecule has 0 unspecified atom stereocenters. The maximum Gasteiger partial charge on any atom is 0.311 e. The highest BCUT2D eigenvalue weighted by Gasteiger charge is 2.16. The first kappa shape index (κ1) is 20.2. The van der Waals surface area contributed by atoms with Crippen molar-refractivity contribution in [2.75, 3.05) is 6.26 Å². The third-order valence-corrected chi connectivity index (χ3v) is 4.82. The number of nitrogens with zero attached hydrogens (tertiary/aromatic N) is 1. The highest BCUT2D eigenvalue weighted by atomic mass is 32.2. The minimum absolute atomic E-state index is 0.0434. The molecule has 6 heteroatoms. The van der Waals surface area contributed by atoms with Gasteiger partial charge in [0.2, 0.25) is 0 Å². The Balaban J connectivity index is 2.05. The summed E-state index contributed by atoms with van der Waals surface area (Å²) in [5.41, 5.74) is 3.14. The van der Waals surface area contributed by atoms with Gasteiger partial charge >= 0.3 is 5.97 Å². The molecule has 140 valence electrons. The van der Waals surface area contributed by atoms with E-state index in [2.05, 4.69) is 30.7 Å². The summed E-state index contributed by atoms with van der Waals surface area (Å²) in [6.45, 7) is 10.1. The van der Waals surface area contributed by atoms with E-state index < -0.39 is 0 Å². The van der Waals surface area contributed by atoms with Gasteiger partial charge in [-0.05, 0) is 49.1 Å². The molecule has 0 radical (unpaired) electrons. The van der Waals surface area contributed by atoms with Crippen molar-refractivity contribution in [3.8, 4) is 5.75 Å². The highest BCUT2D eigenvalue weighted by Crippen LogP contribution is 2.27. The first-order chi connectivity index (χ1) is 12.1. The molecule has 1 heterocycles. The molecule has 1 aromatic carbocycles. The first-order valence-electron chi connectivity index (χ1n) is 8.57. The number of H-pyrrole nitrogens is 1. The van der Waals surface area contributed by atoms with Crippen molar-refractivity contribution in [2.24, 2.45) is 0 Å². The molecule has 0 saturated carbocycles. The lowest BCUT2D eigenvalue weighted by Crippen LogP contribution is -2.19. The van der Waals surface area contributed by atoms with Crippen molar-refractivity contribution in [1.82, 2.24) is 9.97 Å². The van der Waals surface area contributed by atoms with Crippen LogP contribution in [0.5, 0.6) is 5.75 Å². The quantitative estimate of drug-likeness (QED) is 0.371. The highest BCUT2D eigenvalue weighted by molar-refractivity contribution is 7.98. The molecule has 0 fully saturated rings. The number of aryl methyl sites for hydroxylation is 2. The maximum absolute atomic E-state index is 12.2. The van der Waals surface area contributed by atoms with Crippen LogP contribution in [-0.2, 0) is 16.6 Å². The van der Waals surface area contributed by atoms with Crippen LogP contribution in [0.15, 0.2) is 28.2 Å². The van der Waals surface area contributed by atoms with Gasteiger partial charge in [-0.3, -0.25) is 9.59 Å². The Bertz CT molecular complexity index is 866. The van der Waals surface area contributed by atoms with Crippen molar-refractivity contribution >= 4 is 17.7 Å². The Morgan fingerprint density at radius 3 is 2.50 bits per heavy atom. The van der Waals surface area contributed by atoms with Crippen LogP contribution < -0.4 is 10.3 Å². The van der Waals surface area contributed by atoms with E-state index in [-0.39, 0.29) is 23.4 Å². The lowest BCUT2D eigenvalue weighted by Gasteiger charge is -2.20. The van der Waals surface area contributed by atoms with Gasteiger partial charge < -0.3 is 9.72 Å². The number of rotatable bonds is 5. The zero-order valence-corrected chi connectivity index (χ0v) is 17.0. The summed E-state index contributed by atoms with van der Waals surface area (Å²) in [7, 11) is 0. The summed E-state index contributed by atoms with van der Waals surface area (Å²) >= 11 is 1.38. The number of esters is 1. The number of benzene rings is 1. The monoisotopic (exact) mass is 374 g/mol. The normalized spacial score (nSPS) is 11.5. The van der Waals surface area contributed by atoms with E-state index in [0.29, 0.717) is 28.6 Å². The lowest BCUT2D eigenvalue weighted by molar-refractivity contribution is -0.134. The van der Waals surface area contributed by atoms with E-state index in [1.165, 1.54) is 17.3 Å². The van der Waals surface area contributed by atoms with Crippen LogP contribution in [-0.4, -0.2) is 22.2 Å². The average molecular weight is 375 g/mol. The van der Waals surface area contributed by atoms with E-state index in [4.69, 9.17) is 4.74 Å². The molecule has 0 bridgehead atoms. The molecular formula is C20H26N2O3S. The molecule has 0 aliphatic rings. The number of thioether (sulfide) groups is 1. The molecule has 2 aromatic rings. The zero-order chi connectivity index (χ0) is 19.5. The predicted molar refractivity (Wildman–Crippen MR) is 105 cm³/mol. The molecule has 0 atom stereocenters. The zero-order valence-electron chi connectivity index (χ0n) is 16.2. The molecule has 5 nitrogen and oxygen atoms in total. The van der Waals surface area contributed by atoms with E-state index >= 15 is 0 Å². The summed E-state index contributed by atoms with van der Waals surface area (Å²) in [6, 6.07) is 5.86. The van der Waals surface area contributed by atoms with Crippen molar-refractivity contribution in [3.63, 3.8) is 0 Å². The Morgan fingerprint density at radius 2 is 1.96 bits per heavy atom. The van der Waals surface area contributed by atoms with Crippen LogP contribution in [0.4, 0.5) is 0 Å². The first-order valence-corrected chi connectivity index (χ1v) is 9.80. The molecular weight excluding hydrogens is 348 g/mol. The van der Waals surface area contributed by atoms with Crippen molar-refractivity contribution < 1.29 is 9.53 Å². The van der Waals surface area contributed by atoms with Gasteiger partial charge in [-0.1, -0.05) is 44.7 Å². The molecule has 26 heavy (non-hydrogen) atoms. The van der Waals surface area contributed by atoms with E-state index in [1.807, 2.05) is 31.4 Å². The molecule has 0 amide bonds. The topological polar surface area (TPSA) is 72.0 Å². The van der Waals surface area contributed by atoms with Crippen LogP contribution in [0.3, 0.4) is 0 Å². The predicted octanol–water partition coefficient (Wildman–Crippen LogP) is 3.94. The van der Waals surface area contributed by atoms with Crippen molar-refractivity contribution in [3.05, 3.63) is 50.9 Å². The summed E-state index contributed by atoms with van der Waals surface area (Å²) in [4.78, 5) is 31.4. The van der Waals surface area contributed by atoms with Crippen LogP contribution in [0, 0.1) is 13.8 Å². The molecule has 0 saturated heterocycles. The van der Waals surface area contributed by atoms with Gasteiger partial charge in [-0.2, -0.15) is 0 Å². The number of ether oxygens (including phenoxy) is 1. The molecule has 1 aromatic heterocycles. The fourth-order valence-electron chi connectivity index (χ4n) is 2.61. The second kappa shape index (κ2) is 8.08. The van der Waals surface area contributed by atoms with Gasteiger partial charge in [0.15, 0.2) is 5.16 Å². The number of nitrogens with one attached hydrogen (secondary N) is 1. The maximum atomic E-state index is 12.2. The van der Waals surface area contributed by atoms with Gasteiger partial charge in [0.25, 0.3) is 5.56 Å². The largest absolute Gasteiger partial charge is 0.426 e. The standard InChI is InChI=1S/C20H26N2O3S/c1-12-11-14(20(3,4)5)7-9-16(12)25-17(23)10-8-15-13(2)21-19(26-6)22-18(15)24/h7,9,11H,8,10H2,1-6H3,(H,21,22,24). The fraction of sp³-hybridized carbons (Fsp3) is 0.450. The Hall–Kier alpha value is -2.08. The summed E-state index contributed by atoms with van der Waals surface area (Å²) < 4.78 is 5.48. The van der Waals surface area contributed by atoms with Gasteiger partial charge in [-0.15, -0.1) is 0 Å². The van der Waals surface area contributed by atoms with Gasteiger partial charge in [0.1, 0.15) is 5.75 Å². The summed E-state index contributed by atoms with van der Waals surface area (Å²) in [6.07, 6.45) is 2.29. The number of aromatic amines is 1. The lowest BCUT2D eigenvalue weighted by atomic mass is 9.86. The van der Waals surface area contributed by atoms with Crippen molar-refractivity contribution in [2.45, 2.75) is 58.0 Å². The number of carbonyl (C=O) groups excluding carboxylic acids is 1. The average Bonchev–Trinajstić information content (AvgIpc) is 2.54. The SMILES string of the molecule is CSc1nc(C)c(CCC(=O)Oc2ccc(C(C)(C)C)cc2C)c(=O)[nH]1. The summed E-state index contributed by atoms with van der Waals surface area (Å²) in [5.74, 6) is 0.203. The van der Waals surface area contributed by atoms with Crippen LogP contribution >= 0.6 is 11.8 Å². The van der Waals surface area contributed by atoms with Crippen LogP contribution in [0.25, 0.3) is 0 Å². The van der Waals surface area contributed by atoms with E-state index in [9.17, 15) is 9.59 Å². The minimum Gasteiger partial charge on any atom is -0.426 e. The molecule has 0 aliphatic carbocycles. The second-order valence-electron chi connectivity index (χ2n) is 7.34. The van der Waals surface area contributed by atoms with E-state index in [0.717, 1.165) is 5.56 Å². The second-order valence-corrected chi connectivity index (χ2v) is 8.14.